The lowest BCUT2D eigenvalue weighted by Gasteiger charge is -2.43. The van der Waals surface area contributed by atoms with E-state index >= 15 is 0 Å². The van der Waals surface area contributed by atoms with Crippen LogP contribution in [0.1, 0.15) is 64.9 Å². The highest BCUT2D eigenvalue weighted by Crippen LogP contribution is 2.59. The molecule has 5 nitrogen and oxygen atoms in total. The maximum Gasteiger partial charge on any atom is 0.231 e. The predicted octanol–water partition coefficient (Wildman–Crippen LogP) is 5.16. The third-order valence-corrected chi connectivity index (χ3v) is 13.2. The number of hydrogen-bond donors (Lipinski definition) is 0. The van der Waals surface area contributed by atoms with Crippen molar-refractivity contribution in [2.75, 3.05) is 13.4 Å². The van der Waals surface area contributed by atoms with Crippen LogP contribution in [0.3, 0.4) is 0 Å². The first kappa shape index (κ1) is 19.9. The average Bonchev–Trinajstić information content (AvgIpc) is 3.32. The molecular weight excluding hydrogens is 372 g/mol. The van der Waals surface area contributed by atoms with Gasteiger partial charge in [-0.3, -0.25) is 0 Å². The number of benzene rings is 1. The SMILES string of the molecule is CC(C)[Si](OC[C@@H]1[C@@H]2OC(c3cc4c(cc32)OCO4)[C@@H]1C=O)(C(C)C)C(C)C. The second-order valence-electron chi connectivity index (χ2n) is 9.32. The Hall–Kier alpha value is -1.37. The van der Waals surface area contributed by atoms with Crippen molar-refractivity contribution in [1.29, 1.82) is 0 Å². The molecule has 1 aromatic rings. The van der Waals surface area contributed by atoms with Crippen molar-refractivity contribution in [2.24, 2.45) is 11.8 Å². The second-order valence-corrected chi connectivity index (χ2v) is 14.8. The summed E-state index contributed by atoms with van der Waals surface area (Å²) in [5, 5.41) is 0. The summed E-state index contributed by atoms with van der Waals surface area (Å²) in [6, 6.07) is 4.03. The molecule has 2 bridgehead atoms. The number of fused-ring (bicyclic) bond motifs is 6. The topological polar surface area (TPSA) is 54.0 Å². The standard InChI is InChI=1S/C22H32O5Si/c1-12(2)28(13(3)4,14(5)6)26-10-18-17(9-23)21-15-7-19-20(25-11-24-19)8-16(15)22(18)27-21/h7-9,12-14,17-18,21-22H,10-11H2,1-6H3/t17-,18+,21?,22-/m1/s1. The van der Waals surface area contributed by atoms with Crippen molar-refractivity contribution in [3.63, 3.8) is 0 Å². The van der Waals surface area contributed by atoms with E-state index in [4.69, 9.17) is 18.6 Å². The van der Waals surface area contributed by atoms with Gasteiger partial charge in [0.1, 0.15) is 6.29 Å². The zero-order chi connectivity index (χ0) is 20.2. The van der Waals surface area contributed by atoms with E-state index in [1.807, 2.05) is 12.1 Å². The summed E-state index contributed by atoms with van der Waals surface area (Å²) < 4.78 is 24.2. The fourth-order valence-electron chi connectivity index (χ4n) is 5.94. The molecule has 4 rings (SSSR count). The van der Waals surface area contributed by atoms with Crippen molar-refractivity contribution < 1.29 is 23.4 Å². The molecule has 6 heteroatoms. The molecule has 28 heavy (non-hydrogen) atoms. The Morgan fingerprint density at radius 2 is 1.54 bits per heavy atom. The zero-order valence-electron chi connectivity index (χ0n) is 17.7. The van der Waals surface area contributed by atoms with Crippen molar-refractivity contribution in [1.82, 2.24) is 0 Å². The van der Waals surface area contributed by atoms with Gasteiger partial charge in [0.25, 0.3) is 0 Å². The average molecular weight is 405 g/mol. The highest BCUT2D eigenvalue weighted by Gasteiger charge is 2.54. The van der Waals surface area contributed by atoms with Crippen LogP contribution in [0.25, 0.3) is 0 Å². The summed E-state index contributed by atoms with van der Waals surface area (Å²) in [5.74, 6) is 1.40. The molecule has 4 atom stereocenters. The monoisotopic (exact) mass is 404 g/mol. The summed E-state index contributed by atoms with van der Waals surface area (Å²) in [4.78, 5) is 12.0. The van der Waals surface area contributed by atoms with E-state index in [0.717, 1.165) is 28.9 Å². The van der Waals surface area contributed by atoms with Gasteiger partial charge in [-0.25, -0.2) is 0 Å². The lowest BCUT2D eigenvalue weighted by atomic mass is 9.77. The van der Waals surface area contributed by atoms with Gasteiger partial charge >= 0.3 is 0 Å². The largest absolute Gasteiger partial charge is 0.454 e. The molecular formula is C22H32O5Si. The van der Waals surface area contributed by atoms with Gasteiger partial charge in [0, 0.05) is 12.5 Å². The van der Waals surface area contributed by atoms with Crippen LogP contribution in [0.15, 0.2) is 12.1 Å². The Balaban J connectivity index is 1.61. The fraction of sp³-hybridized carbons (Fsp3) is 0.682. The van der Waals surface area contributed by atoms with Gasteiger partial charge in [-0.15, -0.1) is 0 Å². The summed E-state index contributed by atoms with van der Waals surface area (Å²) in [7, 11) is -1.99. The fourth-order valence-corrected chi connectivity index (χ4v) is 11.4. The Labute approximate surface area is 168 Å². The lowest BCUT2D eigenvalue weighted by Crippen LogP contribution is -2.49. The van der Waals surface area contributed by atoms with Crippen LogP contribution < -0.4 is 9.47 Å². The Kier molecular flexibility index (Phi) is 5.09. The van der Waals surface area contributed by atoms with Gasteiger partial charge in [0.05, 0.1) is 18.1 Å². The second kappa shape index (κ2) is 7.15. The van der Waals surface area contributed by atoms with Gasteiger partial charge in [-0.2, -0.15) is 0 Å². The maximum absolute atomic E-state index is 12.0. The first-order valence-corrected chi connectivity index (χ1v) is 12.6. The third kappa shape index (κ3) is 2.76. The smallest absolute Gasteiger partial charge is 0.231 e. The maximum atomic E-state index is 12.0. The van der Waals surface area contributed by atoms with Crippen molar-refractivity contribution in [3.8, 4) is 11.5 Å². The predicted molar refractivity (Wildman–Crippen MR) is 109 cm³/mol. The summed E-state index contributed by atoms with van der Waals surface area (Å²) in [5.41, 5.74) is 3.75. The van der Waals surface area contributed by atoms with Crippen LogP contribution in [-0.2, 0) is 14.0 Å². The van der Waals surface area contributed by atoms with E-state index in [1.54, 1.807) is 0 Å². The summed E-state index contributed by atoms with van der Waals surface area (Å²) in [6.07, 6.45) is 0.756. The molecule has 1 unspecified atom stereocenters. The molecule has 1 saturated heterocycles. The number of aldehydes is 1. The quantitative estimate of drug-likeness (QED) is 0.464. The van der Waals surface area contributed by atoms with Crippen LogP contribution in [-0.4, -0.2) is 28.0 Å². The highest BCUT2D eigenvalue weighted by atomic mass is 28.4. The highest BCUT2D eigenvalue weighted by molar-refractivity contribution is 6.77. The zero-order valence-corrected chi connectivity index (χ0v) is 18.7. The van der Waals surface area contributed by atoms with Gasteiger partial charge in [0.2, 0.25) is 6.79 Å². The minimum Gasteiger partial charge on any atom is -0.454 e. The summed E-state index contributed by atoms with van der Waals surface area (Å²) >= 11 is 0. The molecule has 0 radical (unpaired) electrons. The molecule has 0 spiro atoms. The Bertz CT molecular complexity index is 738. The number of rotatable bonds is 7. The van der Waals surface area contributed by atoms with Crippen molar-refractivity contribution >= 4 is 14.6 Å². The first-order valence-electron chi connectivity index (χ1n) is 10.5. The van der Waals surface area contributed by atoms with E-state index in [9.17, 15) is 4.79 Å². The molecule has 3 heterocycles. The van der Waals surface area contributed by atoms with Crippen LogP contribution >= 0.6 is 0 Å². The molecule has 1 fully saturated rings. The van der Waals surface area contributed by atoms with Gasteiger partial charge in [-0.05, 0) is 39.9 Å². The van der Waals surface area contributed by atoms with Crippen LogP contribution in [0, 0.1) is 11.8 Å². The molecule has 154 valence electrons. The van der Waals surface area contributed by atoms with E-state index in [1.165, 1.54) is 0 Å². The molecule has 3 aliphatic heterocycles. The van der Waals surface area contributed by atoms with Crippen molar-refractivity contribution in [2.45, 2.75) is 70.4 Å². The van der Waals surface area contributed by atoms with Crippen molar-refractivity contribution in [3.05, 3.63) is 23.3 Å². The van der Waals surface area contributed by atoms with Crippen LogP contribution in [0.2, 0.25) is 16.6 Å². The lowest BCUT2D eigenvalue weighted by molar-refractivity contribution is -0.113. The molecule has 0 aliphatic carbocycles. The Morgan fingerprint density at radius 3 is 2.04 bits per heavy atom. The normalized spacial score (nSPS) is 27.9. The molecule has 3 aliphatic rings. The molecule has 0 amide bonds. The van der Waals surface area contributed by atoms with Gasteiger partial charge < -0.3 is 23.4 Å². The molecule has 0 N–H and O–H groups in total. The van der Waals surface area contributed by atoms with Crippen LogP contribution in [0.5, 0.6) is 11.5 Å². The molecule has 0 saturated carbocycles. The first-order chi connectivity index (χ1) is 13.3. The van der Waals surface area contributed by atoms with Gasteiger partial charge in [0.15, 0.2) is 19.8 Å². The third-order valence-electron chi connectivity index (χ3n) is 7.11. The van der Waals surface area contributed by atoms with E-state index in [-0.39, 0.29) is 30.8 Å². The summed E-state index contributed by atoms with van der Waals surface area (Å²) in [6.45, 7) is 14.6. The van der Waals surface area contributed by atoms with E-state index < -0.39 is 8.32 Å². The number of carbonyl (C=O) groups excluding carboxylic acids is 1. The van der Waals surface area contributed by atoms with Crippen LogP contribution in [0.4, 0.5) is 0 Å². The van der Waals surface area contributed by atoms with Gasteiger partial charge in [-0.1, -0.05) is 41.5 Å². The molecule has 1 aromatic carbocycles. The number of hydrogen-bond acceptors (Lipinski definition) is 5. The van der Waals surface area contributed by atoms with E-state index in [0.29, 0.717) is 23.2 Å². The number of ether oxygens (including phenoxy) is 3. The van der Waals surface area contributed by atoms with E-state index in [2.05, 4.69) is 41.5 Å². The minimum atomic E-state index is -1.99. The number of carbonyl (C=O) groups is 1. The minimum absolute atomic E-state index is 0.0542. The Morgan fingerprint density at radius 1 is 1.00 bits per heavy atom. The molecule has 0 aromatic heterocycles.